The Bertz CT molecular complexity index is 516. The van der Waals surface area contributed by atoms with Crippen LogP contribution in [0.3, 0.4) is 0 Å². The van der Waals surface area contributed by atoms with Crippen LogP contribution in [0.4, 0.5) is 0 Å². The van der Waals surface area contributed by atoms with E-state index in [1.807, 2.05) is 32.7 Å². The van der Waals surface area contributed by atoms with E-state index < -0.39 is 0 Å². The van der Waals surface area contributed by atoms with E-state index in [0.717, 1.165) is 49.6 Å². The van der Waals surface area contributed by atoms with Crippen molar-refractivity contribution in [2.75, 3.05) is 20.2 Å². The van der Waals surface area contributed by atoms with Gasteiger partial charge in [0.25, 0.3) is 0 Å². The summed E-state index contributed by atoms with van der Waals surface area (Å²) in [6.45, 7) is 8.37. The lowest BCUT2D eigenvalue weighted by Crippen LogP contribution is -2.46. The fraction of sp³-hybridized carbons (Fsp3) is 0.750. The molecule has 1 aliphatic rings. The van der Waals surface area contributed by atoms with Gasteiger partial charge in [-0.25, -0.2) is 4.68 Å². The second-order valence-corrected chi connectivity index (χ2v) is 6.33. The fourth-order valence-electron chi connectivity index (χ4n) is 3.06. The molecule has 6 nitrogen and oxygen atoms in total. The van der Waals surface area contributed by atoms with Crippen molar-refractivity contribution in [2.24, 2.45) is 13.0 Å². The maximum absolute atomic E-state index is 12.0. The van der Waals surface area contributed by atoms with E-state index in [1.54, 1.807) is 11.8 Å². The first-order valence-corrected chi connectivity index (χ1v) is 8.02. The van der Waals surface area contributed by atoms with Crippen molar-refractivity contribution in [2.45, 2.75) is 46.2 Å². The monoisotopic (exact) mass is 308 g/mol. The largest absolute Gasteiger partial charge is 0.481 e. The lowest BCUT2D eigenvalue weighted by molar-refractivity contribution is -0.135. The molecule has 0 radical (unpaired) electrons. The number of rotatable bonds is 5. The second-order valence-electron chi connectivity index (χ2n) is 6.33. The zero-order valence-corrected chi connectivity index (χ0v) is 14.3. The normalized spacial score (nSPS) is 16.4. The predicted molar refractivity (Wildman–Crippen MR) is 85.8 cm³/mol. The van der Waals surface area contributed by atoms with Crippen LogP contribution in [-0.4, -0.2) is 46.8 Å². The van der Waals surface area contributed by atoms with Crippen LogP contribution in [0.1, 0.15) is 37.9 Å². The molecule has 0 bridgehead atoms. The Labute approximate surface area is 132 Å². The minimum absolute atomic E-state index is 0.0896. The first kappa shape index (κ1) is 16.8. The number of aryl methyl sites for hydroxylation is 2. The Balaban J connectivity index is 1.86. The van der Waals surface area contributed by atoms with Gasteiger partial charge in [0, 0.05) is 38.6 Å². The number of nitrogens with one attached hydrogen (secondary N) is 1. The maximum Gasteiger partial charge on any atom is 0.225 e. The molecule has 0 atom stereocenters. The van der Waals surface area contributed by atoms with Crippen LogP contribution >= 0.6 is 0 Å². The molecular formula is C16H28N4O2. The minimum atomic E-state index is 0.0896. The number of piperidine rings is 1. The molecule has 0 spiro atoms. The molecule has 1 N–H and O–H groups in total. The van der Waals surface area contributed by atoms with Gasteiger partial charge < -0.3 is 15.0 Å². The van der Waals surface area contributed by atoms with Crippen molar-refractivity contribution in [3.05, 3.63) is 11.3 Å². The minimum Gasteiger partial charge on any atom is -0.481 e. The highest BCUT2D eigenvalue weighted by Crippen LogP contribution is 2.21. The summed E-state index contributed by atoms with van der Waals surface area (Å²) in [6, 6.07) is 0.445. The van der Waals surface area contributed by atoms with Crippen LogP contribution in [0, 0.1) is 12.8 Å². The van der Waals surface area contributed by atoms with Crippen LogP contribution < -0.4 is 10.1 Å². The standard InChI is InChI=1S/C16H28N4O2/c1-11(2)15(21)20-8-6-13(7-9-20)17-10-14-12(3)18-19(4)16(14)22-5/h11,13,17H,6-10H2,1-5H3. The van der Waals surface area contributed by atoms with Gasteiger partial charge in [-0.05, 0) is 19.8 Å². The molecule has 1 aliphatic heterocycles. The van der Waals surface area contributed by atoms with Gasteiger partial charge in [0.15, 0.2) is 0 Å². The summed E-state index contributed by atoms with van der Waals surface area (Å²) in [5, 5.41) is 7.98. The number of carbonyl (C=O) groups is 1. The van der Waals surface area contributed by atoms with Gasteiger partial charge in [0.05, 0.1) is 18.4 Å². The van der Waals surface area contributed by atoms with Crippen LogP contribution in [0.2, 0.25) is 0 Å². The number of hydrogen-bond acceptors (Lipinski definition) is 4. The molecule has 1 aromatic heterocycles. The van der Waals surface area contributed by atoms with Crippen LogP contribution in [0.25, 0.3) is 0 Å². The number of aromatic nitrogens is 2. The summed E-state index contributed by atoms with van der Waals surface area (Å²) in [4.78, 5) is 14.0. The summed E-state index contributed by atoms with van der Waals surface area (Å²) in [5.74, 6) is 1.17. The molecule has 0 saturated carbocycles. The second kappa shape index (κ2) is 7.13. The van der Waals surface area contributed by atoms with Gasteiger partial charge in [0.2, 0.25) is 11.8 Å². The number of amides is 1. The number of carbonyl (C=O) groups excluding carboxylic acids is 1. The van der Waals surface area contributed by atoms with Crippen molar-refractivity contribution in [3.8, 4) is 5.88 Å². The fourth-order valence-corrected chi connectivity index (χ4v) is 3.06. The molecular weight excluding hydrogens is 280 g/mol. The molecule has 2 rings (SSSR count). The SMILES string of the molecule is COc1c(CNC2CCN(C(=O)C(C)C)CC2)c(C)nn1C. The highest BCUT2D eigenvalue weighted by atomic mass is 16.5. The van der Waals surface area contributed by atoms with Crippen LogP contribution in [0.15, 0.2) is 0 Å². The van der Waals surface area contributed by atoms with E-state index in [-0.39, 0.29) is 11.8 Å². The van der Waals surface area contributed by atoms with Gasteiger partial charge in [-0.2, -0.15) is 5.10 Å². The highest BCUT2D eigenvalue weighted by molar-refractivity contribution is 5.78. The lowest BCUT2D eigenvalue weighted by Gasteiger charge is -2.33. The number of hydrogen-bond donors (Lipinski definition) is 1. The molecule has 6 heteroatoms. The summed E-state index contributed by atoms with van der Waals surface area (Å²) in [7, 11) is 3.57. The smallest absolute Gasteiger partial charge is 0.225 e. The third-order valence-corrected chi connectivity index (χ3v) is 4.35. The van der Waals surface area contributed by atoms with Crippen LogP contribution in [-0.2, 0) is 18.4 Å². The quantitative estimate of drug-likeness (QED) is 0.895. The zero-order valence-electron chi connectivity index (χ0n) is 14.3. The Morgan fingerprint density at radius 2 is 2.05 bits per heavy atom. The van der Waals surface area contributed by atoms with Crippen LogP contribution in [0.5, 0.6) is 5.88 Å². The van der Waals surface area contributed by atoms with E-state index in [0.29, 0.717) is 6.04 Å². The van der Waals surface area contributed by atoms with E-state index in [1.165, 1.54) is 0 Å². The summed E-state index contributed by atoms with van der Waals surface area (Å²) in [5.41, 5.74) is 2.12. The third kappa shape index (κ3) is 3.61. The Morgan fingerprint density at radius 3 is 2.59 bits per heavy atom. The molecule has 2 heterocycles. The highest BCUT2D eigenvalue weighted by Gasteiger charge is 2.24. The molecule has 0 aliphatic carbocycles. The average molecular weight is 308 g/mol. The molecule has 1 aromatic rings. The predicted octanol–water partition coefficient (Wildman–Crippen LogP) is 1.47. The summed E-state index contributed by atoms with van der Waals surface area (Å²) in [6.07, 6.45) is 2.00. The van der Waals surface area contributed by atoms with E-state index >= 15 is 0 Å². The third-order valence-electron chi connectivity index (χ3n) is 4.35. The van der Waals surface area contributed by atoms with Gasteiger partial charge >= 0.3 is 0 Å². The van der Waals surface area contributed by atoms with E-state index in [9.17, 15) is 4.79 Å². The lowest BCUT2D eigenvalue weighted by atomic mass is 10.0. The maximum atomic E-state index is 12.0. The molecule has 0 aromatic carbocycles. The summed E-state index contributed by atoms with van der Waals surface area (Å²) < 4.78 is 7.19. The van der Waals surface area contributed by atoms with Gasteiger partial charge in [-0.1, -0.05) is 13.8 Å². The Kier molecular flexibility index (Phi) is 5.45. The molecule has 0 unspecified atom stereocenters. The van der Waals surface area contributed by atoms with Crippen molar-refractivity contribution in [1.29, 1.82) is 0 Å². The van der Waals surface area contributed by atoms with Crippen molar-refractivity contribution >= 4 is 5.91 Å². The molecule has 1 fully saturated rings. The Hall–Kier alpha value is -1.56. The van der Waals surface area contributed by atoms with Crippen molar-refractivity contribution < 1.29 is 9.53 Å². The summed E-state index contributed by atoms with van der Waals surface area (Å²) >= 11 is 0. The molecule has 1 saturated heterocycles. The van der Waals surface area contributed by atoms with Gasteiger partial charge in [0.1, 0.15) is 0 Å². The number of methoxy groups -OCH3 is 1. The molecule has 124 valence electrons. The number of nitrogens with zero attached hydrogens (tertiary/aromatic N) is 3. The molecule has 22 heavy (non-hydrogen) atoms. The van der Waals surface area contributed by atoms with Crippen molar-refractivity contribution in [1.82, 2.24) is 20.0 Å². The topological polar surface area (TPSA) is 59.4 Å². The average Bonchev–Trinajstić information content (AvgIpc) is 2.77. The molecule has 1 amide bonds. The van der Waals surface area contributed by atoms with Crippen molar-refractivity contribution in [3.63, 3.8) is 0 Å². The zero-order chi connectivity index (χ0) is 16.3. The first-order valence-electron chi connectivity index (χ1n) is 8.02. The number of likely N-dealkylation sites (tertiary alicyclic amines) is 1. The number of ether oxygens (including phenoxy) is 1. The first-order chi connectivity index (χ1) is 10.4. The van der Waals surface area contributed by atoms with Gasteiger partial charge in [-0.3, -0.25) is 4.79 Å². The van der Waals surface area contributed by atoms with E-state index in [2.05, 4.69) is 10.4 Å². The Morgan fingerprint density at radius 1 is 1.41 bits per heavy atom. The van der Waals surface area contributed by atoms with E-state index in [4.69, 9.17) is 4.74 Å². The van der Waals surface area contributed by atoms with Gasteiger partial charge in [-0.15, -0.1) is 0 Å².